The Kier molecular flexibility index (Phi) is 8.87. The molecule has 0 unspecified atom stereocenters. The number of carbonyl (C=O) groups is 1. The molecule has 0 saturated carbocycles. The van der Waals surface area contributed by atoms with Gasteiger partial charge in [-0.1, -0.05) is 49.7 Å². The number of hydrogen-bond acceptors (Lipinski definition) is 4. The second-order valence-electron chi connectivity index (χ2n) is 8.84. The summed E-state index contributed by atoms with van der Waals surface area (Å²) in [5.41, 5.74) is 3.70. The fourth-order valence-corrected chi connectivity index (χ4v) is 4.08. The Balaban J connectivity index is 1.46. The number of nitrogens with one attached hydrogen (secondary N) is 1. The Morgan fingerprint density at radius 3 is 2.47 bits per heavy atom. The van der Waals surface area contributed by atoms with Crippen LogP contribution in [0.3, 0.4) is 0 Å². The summed E-state index contributed by atoms with van der Waals surface area (Å²) >= 11 is 0. The molecule has 6 nitrogen and oxygen atoms in total. The summed E-state index contributed by atoms with van der Waals surface area (Å²) < 4.78 is 7.14. The standard InChI is InChI=1S/C30H34N4O2/c1-3-4-16-28-32-29(24-17-19-27(36-2)20-18-24)34(33-28)26-15-10-14-25(22-26)30(35)31-21-9-8-13-23-11-6-5-7-12-23/h5-7,10-12,14-15,17-20,22H,3-4,8-9,13,16,21H2,1-2H3,(H,31,35). The third kappa shape index (κ3) is 6.60. The summed E-state index contributed by atoms with van der Waals surface area (Å²) in [4.78, 5) is 17.7. The molecule has 0 saturated heterocycles. The van der Waals surface area contributed by atoms with E-state index < -0.39 is 0 Å². The van der Waals surface area contributed by atoms with E-state index in [-0.39, 0.29) is 5.91 Å². The Morgan fingerprint density at radius 2 is 1.72 bits per heavy atom. The molecule has 1 amide bonds. The van der Waals surface area contributed by atoms with Crippen molar-refractivity contribution in [3.05, 3.63) is 95.8 Å². The van der Waals surface area contributed by atoms with E-state index in [0.29, 0.717) is 12.1 Å². The van der Waals surface area contributed by atoms with Gasteiger partial charge in [-0.15, -0.1) is 0 Å². The summed E-state index contributed by atoms with van der Waals surface area (Å²) in [6.07, 6.45) is 5.91. The van der Waals surface area contributed by atoms with Crippen LogP contribution >= 0.6 is 0 Å². The minimum atomic E-state index is -0.0751. The lowest BCUT2D eigenvalue weighted by molar-refractivity contribution is 0.0953. The minimum Gasteiger partial charge on any atom is -0.497 e. The average Bonchev–Trinajstić information content (AvgIpc) is 3.36. The largest absolute Gasteiger partial charge is 0.497 e. The number of aryl methyl sites for hydroxylation is 2. The molecule has 0 fully saturated rings. The van der Waals surface area contributed by atoms with Crippen LogP contribution in [0.5, 0.6) is 5.75 Å². The molecule has 0 atom stereocenters. The Labute approximate surface area is 213 Å². The zero-order chi connectivity index (χ0) is 25.2. The van der Waals surface area contributed by atoms with E-state index in [1.807, 2.05) is 59.3 Å². The third-order valence-corrected chi connectivity index (χ3v) is 6.13. The van der Waals surface area contributed by atoms with Crippen molar-refractivity contribution < 1.29 is 9.53 Å². The highest BCUT2D eigenvalue weighted by Gasteiger charge is 2.15. The van der Waals surface area contributed by atoms with E-state index in [2.05, 4.69) is 36.5 Å². The van der Waals surface area contributed by atoms with Crippen molar-refractivity contribution in [1.29, 1.82) is 0 Å². The van der Waals surface area contributed by atoms with E-state index in [9.17, 15) is 4.79 Å². The van der Waals surface area contributed by atoms with Crippen molar-refractivity contribution in [3.8, 4) is 22.8 Å². The van der Waals surface area contributed by atoms with Gasteiger partial charge >= 0.3 is 0 Å². The molecule has 0 aliphatic carbocycles. The molecule has 0 spiro atoms. The molecule has 4 rings (SSSR count). The molecule has 1 heterocycles. The molecule has 186 valence electrons. The lowest BCUT2D eigenvalue weighted by Gasteiger charge is -2.09. The number of amides is 1. The van der Waals surface area contributed by atoms with Crippen LogP contribution in [0.2, 0.25) is 0 Å². The molecule has 6 heteroatoms. The van der Waals surface area contributed by atoms with Crippen molar-refractivity contribution in [2.75, 3.05) is 13.7 Å². The first-order valence-electron chi connectivity index (χ1n) is 12.7. The van der Waals surface area contributed by atoms with E-state index in [1.54, 1.807) is 7.11 Å². The summed E-state index contributed by atoms with van der Waals surface area (Å²) in [6, 6.07) is 25.8. The van der Waals surface area contributed by atoms with Crippen LogP contribution in [0.15, 0.2) is 78.9 Å². The molecule has 0 aliphatic rings. The van der Waals surface area contributed by atoms with Gasteiger partial charge in [0.1, 0.15) is 5.75 Å². The molecular formula is C30H34N4O2. The first-order valence-corrected chi connectivity index (χ1v) is 12.7. The zero-order valence-electron chi connectivity index (χ0n) is 21.1. The van der Waals surface area contributed by atoms with Gasteiger partial charge in [-0.25, -0.2) is 9.67 Å². The number of rotatable bonds is 12. The van der Waals surface area contributed by atoms with Gasteiger partial charge in [0.15, 0.2) is 11.6 Å². The van der Waals surface area contributed by atoms with Crippen molar-refractivity contribution in [1.82, 2.24) is 20.1 Å². The third-order valence-electron chi connectivity index (χ3n) is 6.13. The van der Waals surface area contributed by atoms with Crippen LogP contribution in [0.1, 0.15) is 54.4 Å². The maximum absolute atomic E-state index is 12.9. The molecule has 1 N–H and O–H groups in total. The molecular weight excluding hydrogens is 448 g/mol. The molecule has 3 aromatic carbocycles. The monoisotopic (exact) mass is 482 g/mol. The highest BCUT2D eigenvalue weighted by Crippen LogP contribution is 2.24. The van der Waals surface area contributed by atoms with E-state index in [0.717, 1.165) is 67.2 Å². The van der Waals surface area contributed by atoms with Gasteiger partial charge in [-0.3, -0.25) is 4.79 Å². The quantitative estimate of drug-likeness (QED) is 0.250. The Bertz CT molecular complexity index is 1250. The van der Waals surface area contributed by atoms with Crippen LogP contribution < -0.4 is 10.1 Å². The number of ether oxygens (including phenoxy) is 1. The zero-order valence-corrected chi connectivity index (χ0v) is 21.1. The number of aromatic nitrogens is 3. The maximum atomic E-state index is 12.9. The smallest absolute Gasteiger partial charge is 0.251 e. The van der Waals surface area contributed by atoms with Gasteiger partial charge in [-0.05, 0) is 73.7 Å². The van der Waals surface area contributed by atoms with Crippen LogP contribution in [0.25, 0.3) is 17.1 Å². The number of carbonyl (C=O) groups excluding carboxylic acids is 1. The average molecular weight is 483 g/mol. The van der Waals surface area contributed by atoms with Gasteiger partial charge in [0.25, 0.3) is 5.91 Å². The van der Waals surface area contributed by atoms with E-state index in [1.165, 1.54) is 5.56 Å². The molecule has 1 aromatic heterocycles. The van der Waals surface area contributed by atoms with Crippen molar-refractivity contribution in [2.24, 2.45) is 0 Å². The first kappa shape index (κ1) is 25.2. The second-order valence-corrected chi connectivity index (χ2v) is 8.84. The highest BCUT2D eigenvalue weighted by atomic mass is 16.5. The number of methoxy groups -OCH3 is 1. The fourth-order valence-electron chi connectivity index (χ4n) is 4.08. The predicted molar refractivity (Wildman–Crippen MR) is 144 cm³/mol. The fraction of sp³-hybridized carbons (Fsp3) is 0.300. The summed E-state index contributed by atoms with van der Waals surface area (Å²) in [5.74, 6) is 2.27. The predicted octanol–water partition coefficient (Wildman–Crippen LogP) is 6.04. The normalized spacial score (nSPS) is 10.8. The molecule has 4 aromatic rings. The highest BCUT2D eigenvalue weighted by molar-refractivity contribution is 5.94. The number of benzene rings is 3. The maximum Gasteiger partial charge on any atom is 0.251 e. The van der Waals surface area contributed by atoms with Crippen LogP contribution in [0.4, 0.5) is 0 Å². The summed E-state index contributed by atoms with van der Waals surface area (Å²) in [7, 11) is 1.65. The van der Waals surface area contributed by atoms with Crippen molar-refractivity contribution in [2.45, 2.75) is 45.4 Å². The van der Waals surface area contributed by atoms with Gasteiger partial charge in [-0.2, -0.15) is 5.10 Å². The van der Waals surface area contributed by atoms with Crippen LogP contribution in [-0.2, 0) is 12.8 Å². The Hall–Kier alpha value is -3.93. The van der Waals surface area contributed by atoms with Crippen LogP contribution in [-0.4, -0.2) is 34.3 Å². The summed E-state index contributed by atoms with van der Waals surface area (Å²) in [5, 5.41) is 7.85. The first-order chi connectivity index (χ1) is 17.7. The summed E-state index contributed by atoms with van der Waals surface area (Å²) in [6.45, 7) is 2.81. The topological polar surface area (TPSA) is 69.0 Å². The molecule has 0 bridgehead atoms. The van der Waals surface area contributed by atoms with E-state index in [4.69, 9.17) is 14.8 Å². The second kappa shape index (κ2) is 12.7. The van der Waals surface area contributed by atoms with Crippen LogP contribution in [0, 0.1) is 0 Å². The van der Waals surface area contributed by atoms with Gasteiger partial charge in [0.2, 0.25) is 0 Å². The minimum absolute atomic E-state index is 0.0751. The molecule has 0 aliphatic heterocycles. The van der Waals surface area contributed by atoms with Crippen molar-refractivity contribution in [3.63, 3.8) is 0 Å². The van der Waals surface area contributed by atoms with Gasteiger partial charge < -0.3 is 10.1 Å². The number of hydrogen-bond donors (Lipinski definition) is 1. The van der Waals surface area contributed by atoms with Gasteiger partial charge in [0, 0.05) is 24.1 Å². The molecule has 0 radical (unpaired) electrons. The Morgan fingerprint density at radius 1 is 0.917 bits per heavy atom. The van der Waals surface area contributed by atoms with Gasteiger partial charge in [0.05, 0.1) is 12.8 Å². The SMILES string of the molecule is CCCCc1nc(-c2ccc(OC)cc2)n(-c2cccc(C(=O)NCCCCc3ccccc3)c2)n1. The van der Waals surface area contributed by atoms with E-state index >= 15 is 0 Å². The lowest BCUT2D eigenvalue weighted by atomic mass is 10.1. The number of nitrogens with zero attached hydrogens (tertiary/aromatic N) is 3. The number of unbranched alkanes of at least 4 members (excludes halogenated alkanes) is 2. The lowest BCUT2D eigenvalue weighted by Crippen LogP contribution is -2.24. The molecule has 36 heavy (non-hydrogen) atoms. The van der Waals surface area contributed by atoms with Crippen molar-refractivity contribution >= 4 is 5.91 Å².